The van der Waals surface area contributed by atoms with Gasteiger partial charge >= 0.3 is 0 Å². The van der Waals surface area contributed by atoms with Gasteiger partial charge in [0.15, 0.2) is 0 Å². The van der Waals surface area contributed by atoms with E-state index in [2.05, 4.69) is 0 Å². The molecule has 2 N–H and O–H groups in total. The normalized spacial score (nSPS) is 14.3. The molecule has 0 spiro atoms. The first kappa shape index (κ1) is 15.3. The molecule has 0 unspecified atom stereocenters. The third kappa shape index (κ3) is 3.64. The molecule has 0 amide bonds. The van der Waals surface area contributed by atoms with Crippen molar-refractivity contribution in [2.24, 2.45) is 5.73 Å². The van der Waals surface area contributed by atoms with E-state index >= 15 is 0 Å². The van der Waals surface area contributed by atoms with Crippen LogP contribution in [-0.4, -0.2) is 5.02 Å². The number of nitrogens with two attached hydrogens (primary N) is 1. The van der Waals surface area contributed by atoms with Gasteiger partial charge in [-0.3, -0.25) is 0 Å². The fraction of sp³-hybridized carbons (Fsp3) is 1.00. The summed E-state index contributed by atoms with van der Waals surface area (Å²) >= 11 is 0. The Bertz CT molecular complexity index is 272. The summed E-state index contributed by atoms with van der Waals surface area (Å²) in [6.45, 7) is 1.79. The molecule has 0 fully saturated rings. The van der Waals surface area contributed by atoms with Crippen molar-refractivity contribution >= 4 is 15.2 Å². The first-order valence-corrected chi connectivity index (χ1v) is 7.48. The van der Waals surface area contributed by atoms with E-state index < -0.39 is 26.6 Å². The van der Waals surface area contributed by atoms with Gasteiger partial charge in [0.1, 0.15) is 0 Å². The summed E-state index contributed by atoms with van der Waals surface area (Å²) in [4.78, 5) is 42.7. The zero-order valence-corrected chi connectivity index (χ0v) is 10.0. The second-order valence-corrected chi connectivity index (χ2v) is 7.27. The summed E-state index contributed by atoms with van der Waals surface area (Å²) < 4.78 is 21.3. The monoisotopic (exact) mass is 257 g/mol. The minimum atomic E-state index is -5.66. The van der Waals surface area contributed by atoms with Crippen LogP contribution in [0.5, 0.6) is 0 Å². The number of hydrogen-bond acceptors (Lipinski definition) is 7. The molecule has 0 rings (SSSR count). The molecule has 0 bridgehead atoms. The van der Waals surface area contributed by atoms with Crippen LogP contribution in [0.2, 0.25) is 0 Å². The third-order valence-electron chi connectivity index (χ3n) is 2.10. The van der Waals surface area contributed by atoms with Gasteiger partial charge in [-0.15, -0.1) is 0 Å². The molecule has 92 valence electrons. The number of unbranched alkanes of at least 4 members (excludes halogenated alkanes) is 2. The second kappa shape index (κ2) is 5.06. The molecule has 0 heterocycles. The third-order valence-corrected chi connectivity index (χ3v) is 5.91. The summed E-state index contributed by atoms with van der Waals surface area (Å²) in [6, 6.07) is 0. The average Bonchev–Trinajstić information content (AvgIpc) is 2.00. The van der Waals surface area contributed by atoms with E-state index in [4.69, 9.17) is 5.73 Å². The van der Waals surface area contributed by atoms with Crippen molar-refractivity contribution in [1.29, 1.82) is 0 Å². The lowest BCUT2D eigenvalue weighted by Crippen LogP contribution is -2.52. The Hall–Kier alpha value is 0.260. The van der Waals surface area contributed by atoms with Crippen LogP contribution >= 0.6 is 15.2 Å². The standard InChI is InChI=1S/C6H17NO6P2/c1-2-3-4-5-6(7,14(8,9)10)15(11,12)13/h2-5,7H2,1H3,(H2,8,9,10)(H2,11,12,13)/p-4. The zero-order chi connectivity index (χ0) is 12.3. The highest BCUT2D eigenvalue weighted by Crippen LogP contribution is 2.59. The van der Waals surface area contributed by atoms with Gasteiger partial charge in [0.2, 0.25) is 0 Å². The maximum absolute atomic E-state index is 10.7. The second-order valence-electron chi connectivity index (χ2n) is 3.33. The molecule has 0 saturated carbocycles. The van der Waals surface area contributed by atoms with Gasteiger partial charge in [-0.1, -0.05) is 26.2 Å². The van der Waals surface area contributed by atoms with Crippen LogP contribution in [0.15, 0.2) is 0 Å². The van der Waals surface area contributed by atoms with E-state index in [0.29, 0.717) is 12.8 Å². The van der Waals surface area contributed by atoms with E-state index in [-0.39, 0.29) is 6.42 Å². The smallest absolute Gasteiger partial charge is 0.0707 e. The minimum absolute atomic E-state index is 0.107. The molecule has 7 nitrogen and oxygen atoms in total. The number of hydrogen-bond donors (Lipinski definition) is 1. The van der Waals surface area contributed by atoms with Crippen LogP contribution in [0.3, 0.4) is 0 Å². The highest BCUT2D eigenvalue weighted by atomic mass is 31.2. The Labute approximate surface area is 88.0 Å². The Morgan fingerprint density at radius 2 is 1.47 bits per heavy atom. The van der Waals surface area contributed by atoms with Gasteiger partial charge < -0.3 is 34.4 Å². The van der Waals surface area contributed by atoms with Crippen LogP contribution < -0.4 is 25.3 Å². The summed E-state index contributed by atoms with van der Waals surface area (Å²) in [6.07, 6.45) is 0.643. The van der Waals surface area contributed by atoms with Crippen LogP contribution in [0, 0.1) is 0 Å². The van der Waals surface area contributed by atoms with E-state index in [0.717, 1.165) is 0 Å². The average molecular weight is 257 g/mol. The highest BCUT2D eigenvalue weighted by Gasteiger charge is 2.32. The lowest BCUT2D eigenvalue weighted by Gasteiger charge is -2.57. The minimum Gasteiger partial charge on any atom is -0.809 e. The van der Waals surface area contributed by atoms with E-state index in [1.165, 1.54) is 0 Å². The molecular weight excluding hydrogens is 244 g/mol. The molecule has 0 aromatic heterocycles. The first-order valence-electron chi connectivity index (χ1n) is 4.39. The lowest BCUT2D eigenvalue weighted by molar-refractivity contribution is -0.336. The van der Waals surface area contributed by atoms with Gasteiger partial charge in [0.25, 0.3) is 0 Å². The highest BCUT2D eigenvalue weighted by molar-refractivity contribution is 7.69. The molecule has 0 aliphatic rings. The first-order chi connectivity index (χ1) is 6.56. The SMILES string of the molecule is CCCCCC(N)(P(=O)([O-])[O-])P(=O)([O-])[O-]. The van der Waals surface area contributed by atoms with Crippen LogP contribution in [-0.2, 0) is 9.13 Å². The Morgan fingerprint density at radius 3 is 1.73 bits per heavy atom. The molecule has 0 aromatic carbocycles. The fourth-order valence-electron chi connectivity index (χ4n) is 1.06. The van der Waals surface area contributed by atoms with Crippen molar-refractivity contribution in [2.75, 3.05) is 0 Å². The zero-order valence-electron chi connectivity index (χ0n) is 8.25. The Kier molecular flexibility index (Phi) is 5.15. The van der Waals surface area contributed by atoms with E-state index in [9.17, 15) is 28.7 Å². The molecule has 0 aliphatic heterocycles. The maximum Gasteiger partial charge on any atom is 0.0707 e. The molecule has 15 heavy (non-hydrogen) atoms. The van der Waals surface area contributed by atoms with Crippen LogP contribution in [0.4, 0.5) is 0 Å². The van der Waals surface area contributed by atoms with Gasteiger partial charge in [-0.25, -0.2) is 0 Å². The maximum atomic E-state index is 10.7. The lowest BCUT2D eigenvalue weighted by atomic mass is 10.2. The summed E-state index contributed by atoms with van der Waals surface area (Å²) in [5.74, 6) is 0. The Balaban J connectivity index is 4.91. The predicted molar refractivity (Wildman–Crippen MR) is 46.3 cm³/mol. The molecule has 0 aliphatic carbocycles. The van der Waals surface area contributed by atoms with E-state index in [1.54, 1.807) is 6.92 Å². The molecular formula is C6H13NO6P2-4. The van der Waals surface area contributed by atoms with Crippen molar-refractivity contribution in [3.05, 3.63) is 0 Å². The molecule has 0 atom stereocenters. The van der Waals surface area contributed by atoms with Crippen molar-refractivity contribution < 1.29 is 28.7 Å². The largest absolute Gasteiger partial charge is 0.809 e. The molecule has 0 radical (unpaired) electrons. The van der Waals surface area contributed by atoms with Gasteiger partial charge in [0, 0.05) is 0 Å². The Morgan fingerprint density at radius 1 is 1.07 bits per heavy atom. The van der Waals surface area contributed by atoms with Gasteiger partial charge in [-0.2, -0.15) is 0 Å². The van der Waals surface area contributed by atoms with Crippen LogP contribution in [0.25, 0.3) is 0 Å². The summed E-state index contributed by atoms with van der Waals surface area (Å²) in [5.41, 5.74) is 4.92. The van der Waals surface area contributed by atoms with Crippen molar-refractivity contribution in [2.45, 2.75) is 37.6 Å². The summed E-state index contributed by atoms with van der Waals surface area (Å²) in [5, 5.41) is -3.19. The predicted octanol–water partition coefficient (Wildman–Crippen LogP) is -1.99. The molecule has 0 saturated heterocycles. The van der Waals surface area contributed by atoms with Crippen molar-refractivity contribution in [1.82, 2.24) is 0 Å². The fourth-order valence-corrected chi connectivity index (χ4v) is 3.12. The van der Waals surface area contributed by atoms with Crippen molar-refractivity contribution in [3.63, 3.8) is 0 Å². The molecule has 9 heteroatoms. The molecule has 0 aromatic rings. The van der Waals surface area contributed by atoms with Crippen molar-refractivity contribution in [3.8, 4) is 0 Å². The quantitative estimate of drug-likeness (QED) is 0.426. The summed E-state index contributed by atoms with van der Waals surface area (Å²) in [7, 11) is -11.3. The number of rotatable bonds is 6. The van der Waals surface area contributed by atoms with Gasteiger partial charge in [0.05, 0.1) is 5.02 Å². The topological polar surface area (TPSA) is 152 Å². The van der Waals surface area contributed by atoms with Crippen LogP contribution in [0.1, 0.15) is 32.6 Å². The van der Waals surface area contributed by atoms with E-state index in [1.807, 2.05) is 0 Å². The van der Waals surface area contributed by atoms with Gasteiger partial charge in [-0.05, 0) is 21.6 Å².